The maximum absolute atomic E-state index is 12.9. The van der Waals surface area contributed by atoms with Gasteiger partial charge in [-0.05, 0) is 33.3 Å². The normalized spacial score (nSPS) is 19.7. The number of oxime groups is 1. The molecule has 3 heterocycles. The van der Waals surface area contributed by atoms with Crippen molar-refractivity contribution in [2.75, 3.05) is 25.4 Å². The maximum Gasteiger partial charge on any atom is 1.00 e. The molecule has 1 aromatic rings. The van der Waals surface area contributed by atoms with Crippen LogP contribution in [0.3, 0.4) is 0 Å². The monoisotopic (exact) mass is 547 g/mol. The number of carbonyl (C=O) groups is 4. The Hall–Kier alpha value is -2.84. The Morgan fingerprint density at radius 1 is 1.34 bits per heavy atom. The first-order valence-electron chi connectivity index (χ1n) is 10.1. The molecule has 15 heteroatoms. The van der Waals surface area contributed by atoms with Crippen LogP contribution in [0, 0.1) is 5.41 Å². The number of rotatable bonds is 7. The van der Waals surface area contributed by atoms with Crippen LogP contribution >= 0.6 is 23.1 Å². The van der Waals surface area contributed by atoms with Gasteiger partial charge < -0.3 is 37.8 Å². The van der Waals surface area contributed by atoms with Gasteiger partial charge in [-0.25, -0.2) is 9.78 Å². The Morgan fingerprint density at radius 2 is 2.03 bits per heavy atom. The number of esters is 2. The quantitative estimate of drug-likeness (QED) is 0.128. The second kappa shape index (κ2) is 11.3. The summed E-state index contributed by atoms with van der Waals surface area (Å²) in [5.41, 5.74) is 5.67. The number of nitrogens with zero attached hydrogens (tertiary/aromatic N) is 3. The fraction of sp³-hybridized carbons (Fsp3) is 0.500. The average molecular weight is 548 g/mol. The van der Waals surface area contributed by atoms with Crippen molar-refractivity contribution < 1.29 is 47.3 Å². The van der Waals surface area contributed by atoms with Crippen LogP contribution in [0.15, 0.2) is 21.8 Å². The molecule has 0 unspecified atom stereocenters. The Morgan fingerprint density at radius 3 is 2.60 bits per heavy atom. The molecule has 0 aliphatic carbocycles. The van der Waals surface area contributed by atoms with Crippen LogP contribution in [0.5, 0.6) is 0 Å². The summed E-state index contributed by atoms with van der Waals surface area (Å²) in [4.78, 5) is 60.3. The summed E-state index contributed by atoms with van der Waals surface area (Å²) >= 11 is 2.52. The van der Waals surface area contributed by atoms with E-state index in [1.54, 1.807) is 33.1 Å². The number of fused-ring (bicyclic) bond motifs is 1. The van der Waals surface area contributed by atoms with Gasteiger partial charge in [-0.2, -0.15) is 0 Å². The molecule has 3 N–H and O–H groups in total. The van der Waals surface area contributed by atoms with E-state index in [1.807, 2.05) is 0 Å². The van der Waals surface area contributed by atoms with Gasteiger partial charge in [-0.3, -0.25) is 19.3 Å². The topological polar surface area (TPSA) is 163 Å². The van der Waals surface area contributed by atoms with Crippen LogP contribution in [0.2, 0.25) is 0 Å². The van der Waals surface area contributed by atoms with Crippen LogP contribution in [-0.2, 0) is 33.5 Å². The molecule has 35 heavy (non-hydrogen) atoms. The summed E-state index contributed by atoms with van der Waals surface area (Å²) in [5, 5.41) is 7.60. The van der Waals surface area contributed by atoms with Gasteiger partial charge in [0.2, 0.25) is 6.79 Å². The van der Waals surface area contributed by atoms with E-state index in [0.717, 1.165) is 11.3 Å². The molecular weight excluding hydrogens is 522 g/mol. The van der Waals surface area contributed by atoms with Crippen molar-refractivity contribution >= 4 is 57.7 Å². The lowest BCUT2D eigenvalue weighted by Gasteiger charge is -2.49. The van der Waals surface area contributed by atoms with Crippen LogP contribution < -0.4 is 23.5 Å². The van der Waals surface area contributed by atoms with E-state index in [4.69, 9.17) is 20.0 Å². The zero-order chi connectivity index (χ0) is 25.2. The lowest BCUT2D eigenvalue weighted by molar-refractivity contribution is -0.173. The van der Waals surface area contributed by atoms with E-state index >= 15 is 0 Å². The van der Waals surface area contributed by atoms with Crippen LogP contribution in [-0.4, -0.2) is 70.4 Å². The molecule has 0 saturated carbocycles. The Labute approximate surface area is 217 Å². The second-order valence-corrected chi connectivity index (χ2v) is 10.4. The minimum atomic E-state index is -0.898. The predicted molar refractivity (Wildman–Crippen MR) is 125 cm³/mol. The molecule has 2 amide bonds. The van der Waals surface area contributed by atoms with Crippen molar-refractivity contribution in [2.24, 2.45) is 10.6 Å². The number of amides is 2. The summed E-state index contributed by atoms with van der Waals surface area (Å²) in [6, 6.07) is -0.898. The van der Waals surface area contributed by atoms with Crippen molar-refractivity contribution in [3.05, 3.63) is 22.3 Å². The summed E-state index contributed by atoms with van der Waals surface area (Å²) in [6.07, 6.45) is 0. The van der Waals surface area contributed by atoms with E-state index in [-0.39, 0.29) is 36.1 Å². The first-order valence-corrected chi connectivity index (χ1v) is 12.0. The molecule has 1 aromatic heterocycles. The van der Waals surface area contributed by atoms with Crippen molar-refractivity contribution in [2.45, 2.75) is 39.1 Å². The third kappa shape index (κ3) is 6.05. The number of anilines is 1. The van der Waals surface area contributed by atoms with Gasteiger partial charge >= 0.3 is 13.4 Å². The molecule has 0 bridgehead atoms. The molecule has 3 rings (SSSR count). The fourth-order valence-corrected chi connectivity index (χ4v) is 4.93. The number of nitrogens with one attached hydrogen (secondary N) is 1. The first-order chi connectivity index (χ1) is 16.0. The minimum Gasteiger partial charge on any atom is -1.00 e. The number of nitrogens with two attached hydrogens (primary N) is 1. The molecule has 12 nitrogen and oxygen atoms in total. The predicted octanol–water partition coefficient (Wildman–Crippen LogP) is -2.04. The lowest BCUT2D eigenvalue weighted by atomic mass is 9.98. The molecule has 1 fully saturated rings. The molecular formula is C20H26ClN5O7S2. The number of thioether (sulfide) groups is 1. The Balaban J connectivity index is 0.00000324. The van der Waals surface area contributed by atoms with Crippen molar-refractivity contribution in [1.29, 1.82) is 0 Å². The highest BCUT2D eigenvalue weighted by atomic mass is 35.5. The Bertz CT molecular complexity index is 1090. The van der Waals surface area contributed by atoms with Gasteiger partial charge in [0.05, 0.1) is 5.41 Å². The van der Waals surface area contributed by atoms with E-state index in [1.165, 1.54) is 23.8 Å². The summed E-state index contributed by atoms with van der Waals surface area (Å²) in [6.45, 7) is 6.15. The molecule has 0 spiro atoms. The zero-order valence-corrected chi connectivity index (χ0v) is 22.0. The van der Waals surface area contributed by atoms with Gasteiger partial charge in [0, 0.05) is 11.1 Å². The lowest BCUT2D eigenvalue weighted by Crippen LogP contribution is -3.00. The highest BCUT2D eigenvalue weighted by molar-refractivity contribution is 8.00. The van der Waals surface area contributed by atoms with Crippen LogP contribution in [0.4, 0.5) is 5.13 Å². The number of β-lactam (4-membered cyclic amide) rings is 1. The van der Waals surface area contributed by atoms with E-state index < -0.39 is 47.4 Å². The van der Waals surface area contributed by atoms with Crippen molar-refractivity contribution in [3.63, 3.8) is 0 Å². The van der Waals surface area contributed by atoms with Gasteiger partial charge in [0.1, 0.15) is 29.9 Å². The molecule has 1 saturated heterocycles. The first kappa shape index (κ1) is 28.4. The zero-order valence-electron chi connectivity index (χ0n) is 20.6. The number of ether oxygens (including phenoxy) is 2. The van der Waals surface area contributed by atoms with Crippen molar-refractivity contribution in [1.82, 2.24) is 15.2 Å². The molecule has 2 aliphatic heterocycles. The third-order valence-corrected chi connectivity index (χ3v) is 6.89. The van der Waals surface area contributed by atoms with Gasteiger partial charge in [-0.15, -0.1) is 23.1 Å². The fourth-order valence-electron chi connectivity index (χ4n) is 3.09. The molecule has 2 atom stereocenters. The number of halogens is 1. The highest BCUT2D eigenvalue weighted by Gasteiger charge is 2.54. The van der Waals surface area contributed by atoms with Gasteiger partial charge in [-0.1, -0.05) is 5.16 Å². The van der Waals surface area contributed by atoms with Gasteiger partial charge in [0.15, 0.2) is 10.8 Å². The third-order valence-electron chi connectivity index (χ3n) is 4.79. The molecule has 2 aliphatic rings. The Kier molecular flexibility index (Phi) is 9.14. The van der Waals surface area contributed by atoms with E-state index in [0.29, 0.717) is 11.3 Å². The molecule has 192 valence electrons. The smallest absolute Gasteiger partial charge is 1.00 e. The second-order valence-electron chi connectivity index (χ2n) is 8.41. The number of carbonyl (C=O) groups excluding carboxylic acids is 4. The van der Waals surface area contributed by atoms with Crippen LogP contribution in [0.1, 0.15) is 34.8 Å². The summed E-state index contributed by atoms with van der Waals surface area (Å²) < 4.78 is 10.0. The summed E-state index contributed by atoms with van der Waals surface area (Å²) in [5.74, 6) is -2.04. The number of hydrogen-bond donors (Lipinski definition) is 2. The molecule has 0 aromatic carbocycles. The number of aromatic nitrogens is 1. The van der Waals surface area contributed by atoms with Gasteiger partial charge in [0.25, 0.3) is 11.8 Å². The molecule has 0 radical (unpaired) electrons. The minimum absolute atomic E-state index is 0. The largest absolute Gasteiger partial charge is 1.00 e. The number of thiazole rings is 1. The van der Waals surface area contributed by atoms with Crippen LogP contribution in [0.25, 0.3) is 0 Å². The van der Waals surface area contributed by atoms with E-state index in [9.17, 15) is 19.2 Å². The van der Waals surface area contributed by atoms with E-state index in [2.05, 4.69) is 15.5 Å². The maximum atomic E-state index is 12.9. The van der Waals surface area contributed by atoms with Crippen molar-refractivity contribution in [3.8, 4) is 0 Å². The number of hydrogen-bond acceptors (Lipinski definition) is 12. The average Bonchev–Trinajstić information content (AvgIpc) is 3.20. The summed E-state index contributed by atoms with van der Waals surface area (Å²) in [7, 11) is 1.28. The standard InChI is InChI=1S/C20H25N5O7S2.ClH/c1-9-6-33-16-12(23-14(26)11(24-30-5)10-7-34-19(21)22-10)15(27)25(16)13(9)17(28)31-8-32-18(29)20(2,3)4;/h7,12,16H,6,8H2,1-5H3,(H2,21,22)(H,23,26);1H/b24-11-;/t12-,16-;/m1./s1. The SMILES string of the molecule is CO/N=C(\C(=O)N[C@@H]1C(=O)N2C(C(=O)OCOC(=O)C(C)(C)C)=C(C)CS[C@H]12)c1csc(N)n1.[Cl-].[H+]. The highest BCUT2D eigenvalue weighted by Crippen LogP contribution is 2.40. The number of nitrogen functional groups attached to an aromatic ring is 1.